The molecule has 9 aromatic rings. The molecule has 0 amide bonds. The molecule has 7 aromatic carbocycles. The van der Waals surface area contributed by atoms with E-state index < -0.39 is 0 Å². The fourth-order valence-corrected chi connectivity index (χ4v) is 8.32. The van der Waals surface area contributed by atoms with Crippen LogP contribution in [0.4, 0.5) is 0 Å². The smallest absolute Gasteiger partial charge is 0.143 e. The van der Waals surface area contributed by atoms with E-state index >= 15 is 0 Å². The number of hydrogen-bond acceptors (Lipinski definition) is 2. The summed E-state index contributed by atoms with van der Waals surface area (Å²) in [6, 6.07) is 62.9. The molecule has 2 heteroatoms. The maximum atomic E-state index is 6.63. The third-order valence-corrected chi connectivity index (χ3v) is 10.9. The van der Waals surface area contributed by atoms with Crippen LogP contribution >= 0.6 is 0 Å². The van der Waals surface area contributed by atoms with Crippen LogP contribution in [0.15, 0.2) is 180 Å². The third kappa shape index (κ3) is 4.76. The summed E-state index contributed by atoms with van der Waals surface area (Å²) in [5, 5.41) is 2.33. The van der Waals surface area contributed by atoms with Gasteiger partial charge in [0.25, 0.3) is 0 Å². The fraction of sp³-hybridized carbons (Fsp3) is 0.0600. The summed E-state index contributed by atoms with van der Waals surface area (Å²) in [7, 11) is 0. The minimum atomic E-state index is -0.142. The molecular formula is C50H35NO. The average molecular weight is 666 g/mol. The molecule has 0 atom stereocenters. The summed E-state index contributed by atoms with van der Waals surface area (Å²) in [4.78, 5) is 5.16. The van der Waals surface area contributed by atoms with Crippen LogP contribution in [0.2, 0.25) is 0 Å². The van der Waals surface area contributed by atoms with Crippen LogP contribution in [0.3, 0.4) is 0 Å². The molecule has 2 aromatic heterocycles. The highest BCUT2D eigenvalue weighted by Gasteiger charge is 2.38. The molecular weight excluding hydrogens is 631 g/mol. The van der Waals surface area contributed by atoms with E-state index in [0.29, 0.717) is 0 Å². The minimum Gasteiger partial charge on any atom is -0.455 e. The molecule has 0 saturated carbocycles. The van der Waals surface area contributed by atoms with Crippen LogP contribution in [0.25, 0.3) is 89.0 Å². The lowest BCUT2D eigenvalue weighted by atomic mass is 9.81. The van der Waals surface area contributed by atoms with E-state index in [0.717, 1.165) is 44.6 Å². The summed E-state index contributed by atoms with van der Waals surface area (Å²) in [5.74, 6) is 0. The van der Waals surface area contributed by atoms with Crippen molar-refractivity contribution >= 4 is 21.9 Å². The van der Waals surface area contributed by atoms with Crippen molar-refractivity contribution in [2.45, 2.75) is 19.3 Å². The van der Waals surface area contributed by atoms with Crippen LogP contribution in [0.5, 0.6) is 0 Å². The lowest BCUT2D eigenvalue weighted by Gasteiger charge is -2.21. The van der Waals surface area contributed by atoms with Gasteiger partial charge in [0.05, 0.1) is 11.4 Å². The Hall–Kier alpha value is -6.51. The number of pyridine rings is 1. The first-order valence-corrected chi connectivity index (χ1v) is 18.0. The van der Waals surface area contributed by atoms with E-state index in [1.807, 2.05) is 6.07 Å². The number of nitrogens with zero attached hydrogens (tertiary/aromatic N) is 1. The van der Waals surface area contributed by atoms with Gasteiger partial charge in [0, 0.05) is 32.9 Å². The monoisotopic (exact) mass is 665 g/mol. The average Bonchev–Trinajstić information content (AvgIpc) is 3.70. The minimum absolute atomic E-state index is 0.142. The van der Waals surface area contributed by atoms with Crippen LogP contribution in [0.1, 0.15) is 25.0 Å². The second-order valence-corrected chi connectivity index (χ2v) is 14.3. The predicted molar refractivity (Wildman–Crippen MR) is 216 cm³/mol. The van der Waals surface area contributed by atoms with Gasteiger partial charge >= 0.3 is 0 Å². The second-order valence-electron chi connectivity index (χ2n) is 14.3. The van der Waals surface area contributed by atoms with Gasteiger partial charge in [-0.1, -0.05) is 166 Å². The Bertz CT molecular complexity index is 2750. The highest BCUT2D eigenvalue weighted by molar-refractivity contribution is 6.12. The Morgan fingerprint density at radius 3 is 1.60 bits per heavy atom. The quantitative estimate of drug-likeness (QED) is 0.183. The summed E-state index contributed by atoms with van der Waals surface area (Å²) >= 11 is 0. The first-order chi connectivity index (χ1) is 25.5. The first-order valence-electron chi connectivity index (χ1n) is 18.0. The van der Waals surface area contributed by atoms with Crippen molar-refractivity contribution in [2.24, 2.45) is 0 Å². The van der Waals surface area contributed by atoms with Gasteiger partial charge in [-0.15, -0.1) is 0 Å². The zero-order chi connectivity index (χ0) is 34.8. The lowest BCUT2D eigenvalue weighted by molar-refractivity contribution is 0.653. The normalized spacial score (nSPS) is 13.0. The molecule has 1 aliphatic rings. The molecule has 0 aliphatic heterocycles. The molecule has 0 radical (unpaired) electrons. The van der Waals surface area contributed by atoms with Crippen molar-refractivity contribution in [1.29, 1.82) is 0 Å². The molecule has 246 valence electrons. The van der Waals surface area contributed by atoms with Gasteiger partial charge in [0.2, 0.25) is 0 Å². The number of fused-ring (bicyclic) bond motifs is 7. The molecule has 0 fully saturated rings. The van der Waals surface area contributed by atoms with E-state index in [2.05, 4.69) is 184 Å². The molecule has 0 N–H and O–H groups in total. The summed E-state index contributed by atoms with van der Waals surface area (Å²) in [6.07, 6.45) is 0. The van der Waals surface area contributed by atoms with Crippen molar-refractivity contribution in [2.75, 3.05) is 0 Å². The van der Waals surface area contributed by atoms with E-state index in [1.165, 1.54) is 55.5 Å². The molecule has 52 heavy (non-hydrogen) atoms. The van der Waals surface area contributed by atoms with Gasteiger partial charge in [-0.05, 0) is 74.3 Å². The topological polar surface area (TPSA) is 26.0 Å². The standard InChI is InChI=1S/C50H35NO/c1-50(2)43-27-25-34(29-42(43)48-44(50)28-26-41-40-23-13-14-24-47(40)52-49(41)48)36-19-9-11-21-38(36)39-22-12-10-20-37(39)35-30-45(32-15-5-3-6-16-32)51-46(31-35)33-17-7-4-8-18-33/h3-31H,1-2H3. The number of benzene rings is 7. The zero-order valence-electron chi connectivity index (χ0n) is 29.1. The predicted octanol–water partition coefficient (Wildman–Crippen LogP) is 13.6. The van der Waals surface area contributed by atoms with E-state index in [1.54, 1.807) is 0 Å². The maximum absolute atomic E-state index is 6.63. The largest absolute Gasteiger partial charge is 0.455 e. The van der Waals surface area contributed by atoms with Gasteiger partial charge in [-0.3, -0.25) is 0 Å². The highest BCUT2D eigenvalue weighted by Crippen LogP contribution is 2.53. The highest BCUT2D eigenvalue weighted by atomic mass is 16.3. The van der Waals surface area contributed by atoms with Gasteiger partial charge in [0.1, 0.15) is 11.2 Å². The molecule has 2 nitrogen and oxygen atoms in total. The summed E-state index contributed by atoms with van der Waals surface area (Å²) in [5.41, 5.74) is 18.0. The van der Waals surface area contributed by atoms with Gasteiger partial charge < -0.3 is 4.42 Å². The molecule has 2 heterocycles. The molecule has 0 bridgehead atoms. The first kappa shape index (κ1) is 30.3. The molecule has 0 saturated heterocycles. The van der Waals surface area contributed by atoms with Crippen LogP contribution in [-0.2, 0) is 5.41 Å². The Labute approximate surface area is 303 Å². The molecule has 0 spiro atoms. The van der Waals surface area contributed by atoms with Crippen molar-refractivity contribution < 1.29 is 4.42 Å². The van der Waals surface area contributed by atoms with Crippen molar-refractivity contribution in [3.8, 4) is 67.0 Å². The number of hydrogen-bond donors (Lipinski definition) is 0. The van der Waals surface area contributed by atoms with E-state index in [-0.39, 0.29) is 5.41 Å². The number of rotatable bonds is 5. The zero-order valence-corrected chi connectivity index (χ0v) is 29.1. The fourth-order valence-electron chi connectivity index (χ4n) is 8.32. The number of para-hydroxylation sites is 1. The number of aromatic nitrogens is 1. The van der Waals surface area contributed by atoms with Gasteiger partial charge in [-0.25, -0.2) is 4.98 Å². The Kier molecular flexibility index (Phi) is 6.87. The third-order valence-electron chi connectivity index (χ3n) is 10.9. The molecule has 10 rings (SSSR count). The van der Waals surface area contributed by atoms with Crippen LogP contribution < -0.4 is 0 Å². The summed E-state index contributed by atoms with van der Waals surface area (Å²) in [6.45, 7) is 4.66. The Morgan fingerprint density at radius 1 is 0.404 bits per heavy atom. The summed E-state index contributed by atoms with van der Waals surface area (Å²) < 4.78 is 6.63. The van der Waals surface area contributed by atoms with E-state index in [9.17, 15) is 0 Å². The van der Waals surface area contributed by atoms with Crippen molar-refractivity contribution in [3.63, 3.8) is 0 Å². The van der Waals surface area contributed by atoms with Gasteiger partial charge in [-0.2, -0.15) is 0 Å². The lowest BCUT2D eigenvalue weighted by Crippen LogP contribution is -2.14. The SMILES string of the molecule is CC1(C)c2ccc(-c3ccccc3-c3ccccc3-c3cc(-c4ccccc4)nc(-c4ccccc4)c3)cc2-c2c1ccc1c2oc2ccccc21. The maximum Gasteiger partial charge on any atom is 0.143 e. The Balaban J connectivity index is 1.15. The van der Waals surface area contributed by atoms with Crippen molar-refractivity contribution in [3.05, 3.63) is 187 Å². The van der Waals surface area contributed by atoms with Crippen molar-refractivity contribution in [1.82, 2.24) is 4.98 Å². The number of furan rings is 1. The Morgan fingerprint density at radius 2 is 0.942 bits per heavy atom. The van der Waals surface area contributed by atoms with Gasteiger partial charge in [0.15, 0.2) is 0 Å². The van der Waals surface area contributed by atoms with E-state index in [4.69, 9.17) is 9.40 Å². The van der Waals surface area contributed by atoms with Crippen LogP contribution in [-0.4, -0.2) is 4.98 Å². The van der Waals surface area contributed by atoms with Crippen LogP contribution in [0, 0.1) is 0 Å². The molecule has 0 unspecified atom stereocenters. The second kappa shape index (κ2) is 11.8. The molecule has 1 aliphatic carbocycles.